The maximum absolute atomic E-state index is 12.2. The van der Waals surface area contributed by atoms with E-state index in [1.54, 1.807) is 12.1 Å². The lowest BCUT2D eigenvalue weighted by atomic mass is 10.0. The summed E-state index contributed by atoms with van der Waals surface area (Å²) >= 11 is 0. The number of phenolic OH excluding ortho intramolecular Hbond substituents is 1. The summed E-state index contributed by atoms with van der Waals surface area (Å²) < 4.78 is 5.59. The molecule has 5 heteroatoms. The van der Waals surface area contributed by atoms with E-state index in [-0.39, 0.29) is 23.9 Å². The molecule has 1 N–H and O–H groups in total. The van der Waals surface area contributed by atoms with E-state index in [1.165, 1.54) is 6.07 Å². The Morgan fingerprint density at radius 1 is 1.17 bits per heavy atom. The Morgan fingerprint density at radius 3 is 2.42 bits per heavy atom. The van der Waals surface area contributed by atoms with Crippen molar-refractivity contribution in [3.8, 4) is 11.5 Å². The van der Waals surface area contributed by atoms with Crippen molar-refractivity contribution in [3.05, 3.63) is 71.8 Å². The minimum atomic E-state index is -0.177. The van der Waals surface area contributed by atoms with Crippen LogP contribution in [-0.4, -0.2) is 36.4 Å². The SMILES string of the molecule is C=C(CN(C)C)C(=O)c1ccc(OCc2ccccc2)c(O)c1.Cl. The third kappa shape index (κ3) is 5.41. The van der Waals surface area contributed by atoms with Crippen LogP contribution in [0.15, 0.2) is 60.7 Å². The van der Waals surface area contributed by atoms with Crippen LogP contribution >= 0.6 is 12.4 Å². The molecule has 0 aliphatic heterocycles. The molecule has 0 unspecified atom stereocenters. The molecule has 0 amide bonds. The van der Waals surface area contributed by atoms with Crippen LogP contribution in [0, 0.1) is 0 Å². The van der Waals surface area contributed by atoms with Gasteiger partial charge in [0.15, 0.2) is 17.3 Å². The Morgan fingerprint density at radius 2 is 1.83 bits per heavy atom. The highest BCUT2D eigenvalue weighted by atomic mass is 35.5. The summed E-state index contributed by atoms with van der Waals surface area (Å²) in [5, 5.41) is 10.1. The maximum atomic E-state index is 12.2. The standard InChI is InChI=1S/C19H21NO3.ClH/c1-14(12-20(2)3)19(22)16-9-10-18(17(21)11-16)23-13-15-7-5-4-6-8-15;/h4-11,21H,1,12-13H2,2-3H3;1H. The minimum Gasteiger partial charge on any atom is -0.504 e. The Kier molecular flexibility index (Phi) is 7.49. The average Bonchev–Trinajstić information content (AvgIpc) is 2.53. The van der Waals surface area contributed by atoms with Gasteiger partial charge in [0.25, 0.3) is 0 Å². The van der Waals surface area contributed by atoms with E-state index in [2.05, 4.69) is 6.58 Å². The highest BCUT2D eigenvalue weighted by Crippen LogP contribution is 2.28. The van der Waals surface area contributed by atoms with E-state index in [4.69, 9.17) is 4.74 Å². The highest BCUT2D eigenvalue weighted by Gasteiger charge is 2.13. The van der Waals surface area contributed by atoms with Crippen molar-refractivity contribution in [1.82, 2.24) is 4.90 Å². The molecule has 2 aromatic rings. The zero-order chi connectivity index (χ0) is 16.8. The van der Waals surface area contributed by atoms with Crippen LogP contribution in [0.2, 0.25) is 0 Å². The highest BCUT2D eigenvalue weighted by molar-refractivity contribution is 6.08. The molecule has 2 rings (SSSR count). The number of ketones is 1. The number of phenols is 1. The number of likely N-dealkylation sites (N-methyl/N-ethyl adjacent to an activating group) is 1. The monoisotopic (exact) mass is 347 g/mol. The topological polar surface area (TPSA) is 49.8 Å². The minimum absolute atomic E-state index is 0. The zero-order valence-corrected chi connectivity index (χ0v) is 14.7. The fraction of sp³-hybridized carbons (Fsp3) is 0.211. The first-order chi connectivity index (χ1) is 11.0. The average molecular weight is 348 g/mol. The molecule has 0 fully saturated rings. The van der Waals surface area contributed by atoms with Gasteiger partial charge in [0, 0.05) is 17.7 Å². The molecule has 0 saturated carbocycles. The molecular formula is C19H22ClNO3. The third-order valence-corrected chi connectivity index (χ3v) is 3.29. The van der Waals surface area contributed by atoms with Crippen LogP contribution in [0.25, 0.3) is 0 Å². The van der Waals surface area contributed by atoms with Gasteiger partial charge in [0.2, 0.25) is 0 Å². The summed E-state index contributed by atoms with van der Waals surface area (Å²) in [6.45, 7) is 4.63. The molecule has 128 valence electrons. The number of benzene rings is 2. The van der Waals surface area contributed by atoms with Crippen LogP contribution in [0.4, 0.5) is 0 Å². The molecule has 0 bridgehead atoms. The predicted molar refractivity (Wildman–Crippen MR) is 98.2 cm³/mol. The predicted octanol–water partition coefficient (Wildman–Crippen LogP) is 3.69. The number of hydrogen-bond donors (Lipinski definition) is 1. The Bertz CT molecular complexity index is 699. The molecule has 0 aliphatic rings. The van der Waals surface area contributed by atoms with Crippen molar-refractivity contribution in [2.24, 2.45) is 0 Å². The number of nitrogens with zero attached hydrogens (tertiary/aromatic N) is 1. The smallest absolute Gasteiger partial charge is 0.189 e. The molecule has 24 heavy (non-hydrogen) atoms. The molecule has 0 heterocycles. The van der Waals surface area contributed by atoms with Gasteiger partial charge in [0.05, 0.1) is 0 Å². The van der Waals surface area contributed by atoms with Gasteiger partial charge in [-0.1, -0.05) is 36.9 Å². The van der Waals surface area contributed by atoms with Crippen molar-refractivity contribution in [2.45, 2.75) is 6.61 Å². The summed E-state index contributed by atoms with van der Waals surface area (Å²) in [7, 11) is 3.74. The molecular weight excluding hydrogens is 326 g/mol. The van der Waals surface area contributed by atoms with Gasteiger partial charge in [-0.3, -0.25) is 4.79 Å². The van der Waals surface area contributed by atoms with Crippen LogP contribution in [-0.2, 0) is 6.61 Å². The first-order valence-corrected chi connectivity index (χ1v) is 7.34. The van der Waals surface area contributed by atoms with Crippen molar-refractivity contribution in [3.63, 3.8) is 0 Å². The fourth-order valence-electron chi connectivity index (χ4n) is 2.17. The number of Topliss-reactive ketones (excluding diaryl/α,β-unsaturated/α-hetero) is 1. The number of halogens is 1. The van der Waals surface area contributed by atoms with Gasteiger partial charge in [-0.25, -0.2) is 0 Å². The number of carbonyl (C=O) groups is 1. The van der Waals surface area contributed by atoms with Gasteiger partial charge < -0.3 is 14.7 Å². The quantitative estimate of drug-likeness (QED) is 0.613. The second kappa shape index (κ2) is 9.11. The summed E-state index contributed by atoms with van der Waals surface area (Å²) in [6, 6.07) is 14.3. The van der Waals surface area contributed by atoms with E-state index >= 15 is 0 Å². The fourth-order valence-corrected chi connectivity index (χ4v) is 2.17. The van der Waals surface area contributed by atoms with Crippen molar-refractivity contribution in [1.29, 1.82) is 0 Å². The van der Waals surface area contributed by atoms with Crippen LogP contribution in [0.1, 0.15) is 15.9 Å². The van der Waals surface area contributed by atoms with Crippen LogP contribution in [0.3, 0.4) is 0 Å². The summed E-state index contributed by atoms with van der Waals surface area (Å²) in [5.74, 6) is 0.122. The lowest BCUT2D eigenvalue weighted by Gasteiger charge is -2.12. The van der Waals surface area contributed by atoms with Gasteiger partial charge in [0.1, 0.15) is 6.61 Å². The first kappa shape index (κ1) is 19.7. The van der Waals surface area contributed by atoms with E-state index in [0.717, 1.165) is 5.56 Å². The maximum Gasteiger partial charge on any atom is 0.189 e. The van der Waals surface area contributed by atoms with Crippen molar-refractivity contribution < 1.29 is 14.6 Å². The van der Waals surface area contributed by atoms with E-state index in [1.807, 2.05) is 49.3 Å². The van der Waals surface area contributed by atoms with Gasteiger partial charge in [-0.05, 0) is 37.9 Å². The summed E-state index contributed by atoms with van der Waals surface area (Å²) in [6.07, 6.45) is 0. The number of aromatic hydroxyl groups is 1. The lowest BCUT2D eigenvalue weighted by molar-refractivity contribution is 0.102. The number of ether oxygens (including phenoxy) is 1. The van der Waals surface area contributed by atoms with Crippen molar-refractivity contribution >= 4 is 18.2 Å². The normalized spacial score (nSPS) is 10.1. The second-order valence-electron chi connectivity index (χ2n) is 5.63. The zero-order valence-electron chi connectivity index (χ0n) is 13.9. The number of carbonyl (C=O) groups excluding carboxylic acids is 1. The third-order valence-electron chi connectivity index (χ3n) is 3.29. The Hall–Kier alpha value is -2.30. The first-order valence-electron chi connectivity index (χ1n) is 7.34. The molecule has 0 spiro atoms. The van der Waals surface area contributed by atoms with E-state index in [0.29, 0.717) is 30.0 Å². The Balaban J connectivity index is 0.00000288. The molecule has 0 aromatic heterocycles. The van der Waals surface area contributed by atoms with Crippen LogP contribution < -0.4 is 4.74 Å². The molecule has 0 saturated heterocycles. The molecule has 0 radical (unpaired) electrons. The lowest BCUT2D eigenvalue weighted by Crippen LogP contribution is -2.19. The van der Waals surface area contributed by atoms with E-state index in [9.17, 15) is 9.90 Å². The van der Waals surface area contributed by atoms with Crippen LogP contribution in [0.5, 0.6) is 11.5 Å². The van der Waals surface area contributed by atoms with Gasteiger partial charge in [-0.15, -0.1) is 12.4 Å². The van der Waals surface area contributed by atoms with Crippen molar-refractivity contribution in [2.75, 3.05) is 20.6 Å². The largest absolute Gasteiger partial charge is 0.504 e. The molecule has 4 nitrogen and oxygen atoms in total. The summed E-state index contributed by atoms with van der Waals surface area (Å²) in [4.78, 5) is 14.1. The molecule has 0 aliphatic carbocycles. The second-order valence-corrected chi connectivity index (χ2v) is 5.63. The number of hydrogen-bond acceptors (Lipinski definition) is 4. The summed E-state index contributed by atoms with van der Waals surface area (Å²) in [5.41, 5.74) is 1.89. The van der Waals surface area contributed by atoms with Gasteiger partial charge in [-0.2, -0.15) is 0 Å². The number of rotatable bonds is 7. The van der Waals surface area contributed by atoms with E-state index < -0.39 is 0 Å². The molecule has 0 atom stereocenters. The Labute approximate surface area is 148 Å². The molecule has 2 aromatic carbocycles. The van der Waals surface area contributed by atoms with Gasteiger partial charge >= 0.3 is 0 Å².